The van der Waals surface area contributed by atoms with Gasteiger partial charge in [-0.25, -0.2) is 0 Å². The Balaban J connectivity index is 1.51. The zero-order valence-corrected chi connectivity index (χ0v) is 40.4. The molecule has 0 saturated heterocycles. The molecule has 0 unspecified atom stereocenters. The summed E-state index contributed by atoms with van der Waals surface area (Å²) in [6.07, 6.45) is 5.43. The van der Waals surface area contributed by atoms with Crippen LogP contribution in [0, 0.1) is 10.8 Å². The van der Waals surface area contributed by atoms with Crippen LogP contribution in [0.2, 0.25) is 0 Å². The first kappa shape index (κ1) is 52.5. The predicted molar refractivity (Wildman–Crippen MR) is 252 cm³/mol. The quantitative estimate of drug-likeness (QED) is 0.0903. The number of rotatable bonds is 21. The van der Waals surface area contributed by atoms with Crippen LogP contribution in [0.25, 0.3) is 0 Å². The lowest BCUT2D eigenvalue weighted by Crippen LogP contribution is -2.59. The van der Waals surface area contributed by atoms with Crippen molar-refractivity contribution in [2.24, 2.45) is 10.8 Å². The second-order valence-electron chi connectivity index (χ2n) is 20.0. The van der Waals surface area contributed by atoms with E-state index in [9.17, 15) is 33.6 Å². The molecule has 0 aromatic heterocycles. The molecule has 2 aromatic rings. The third-order valence-corrected chi connectivity index (χ3v) is 12.8. The summed E-state index contributed by atoms with van der Waals surface area (Å²) in [4.78, 5) is 95.9. The molecule has 2 aromatic carbocycles. The van der Waals surface area contributed by atoms with Crippen molar-refractivity contribution < 1.29 is 33.6 Å². The molecule has 4 rings (SSSR count). The van der Waals surface area contributed by atoms with Crippen molar-refractivity contribution in [3.8, 4) is 0 Å². The molecular formula is C50H76N8O7. The minimum absolute atomic E-state index is 0.00222. The Labute approximate surface area is 386 Å². The van der Waals surface area contributed by atoms with Crippen molar-refractivity contribution in [3.05, 3.63) is 70.8 Å². The smallest absolute Gasteiger partial charge is 0.243 e. The number of Topliss-reactive ketones (excluding diaryl/α,β-unsaturated/α-hetero) is 1. The van der Waals surface area contributed by atoms with Crippen molar-refractivity contribution in [1.29, 1.82) is 0 Å². The third-order valence-electron chi connectivity index (χ3n) is 12.8. The van der Waals surface area contributed by atoms with E-state index in [1.165, 1.54) is 0 Å². The molecule has 6 amide bonds. The molecule has 8 atom stereocenters. The lowest BCUT2D eigenvalue weighted by Gasteiger charge is -2.33. The number of nitrogens with one attached hydrogen (secondary N) is 8. The molecule has 358 valence electrons. The number of ketones is 1. The minimum atomic E-state index is -1.09. The molecule has 0 aliphatic heterocycles. The van der Waals surface area contributed by atoms with Gasteiger partial charge in [-0.2, -0.15) is 0 Å². The van der Waals surface area contributed by atoms with Crippen LogP contribution in [-0.2, 0) is 46.4 Å². The summed E-state index contributed by atoms with van der Waals surface area (Å²) in [5.74, 6) is -2.78. The van der Waals surface area contributed by atoms with E-state index in [4.69, 9.17) is 0 Å². The second-order valence-corrected chi connectivity index (χ2v) is 20.0. The molecule has 15 heteroatoms. The highest BCUT2D eigenvalue weighted by Crippen LogP contribution is 2.31. The Hall–Kier alpha value is -5.15. The SMILES string of the molecule is CN[C@@H](C)C(=O)N[C@H](C(=O)N[C@@H](CCCC(=O)CC[C@H](NC(=O)[C@@H](NC(=O)[C@H](C)NC)C(C)(C)C)C(=O)N[C@@H]1CCCc2ccccc21)C(=O)N[C@@H]1CCCc2ccccc21)C(C)(C)C. The maximum atomic E-state index is 14.1. The Morgan fingerprint density at radius 3 is 1.34 bits per heavy atom. The van der Waals surface area contributed by atoms with Gasteiger partial charge >= 0.3 is 0 Å². The van der Waals surface area contributed by atoms with Gasteiger partial charge in [0.1, 0.15) is 30.0 Å². The van der Waals surface area contributed by atoms with Gasteiger partial charge in [-0.3, -0.25) is 33.6 Å². The van der Waals surface area contributed by atoms with E-state index in [0.29, 0.717) is 0 Å². The molecule has 0 saturated carbocycles. The van der Waals surface area contributed by atoms with Crippen LogP contribution in [0.5, 0.6) is 0 Å². The van der Waals surface area contributed by atoms with Gasteiger partial charge in [0.15, 0.2) is 0 Å². The van der Waals surface area contributed by atoms with E-state index < -0.39 is 64.8 Å². The molecule has 0 fully saturated rings. The van der Waals surface area contributed by atoms with Gasteiger partial charge in [0.25, 0.3) is 0 Å². The van der Waals surface area contributed by atoms with Crippen LogP contribution in [0.1, 0.15) is 148 Å². The average Bonchev–Trinajstić information content (AvgIpc) is 3.26. The maximum absolute atomic E-state index is 14.1. The molecule has 65 heavy (non-hydrogen) atoms. The topological polar surface area (TPSA) is 216 Å². The van der Waals surface area contributed by atoms with E-state index in [-0.39, 0.29) is 67.7 Å². The maximum Gasteiger partial charge on any atom is 0.243 e. The molecule has 0 bridgehead atoms. The number of aryl methyl sites for hydroxylation is 2. The number of carbonyl (C=O) groups excluding carboxylic acids is 7. The van der Waals surface area contributed by atoms with Crippen LogP contribution in [-0.4, -0.2) is 91.6 Å². The van der Waals surface area contributed by atoms with Crippen LogP contribution in [0.15, 0.2) is 48.5 Å². The Morgan fingerprint density at radius 1 is 0.538 bits per heavy atom. The van der Waals surface area contributed by atoms with E-state index in [1.807, 2.05) is 77.9 Å². The molecule has 0 radical (unpaired) electrons. The summed E-state index contributed by atoms with van der Waals surface area (Å²) in [6.45, 7) is 14.4. The highest BCUT2D eigenvalue weighted by Gasteiger charge is 2.38. The number of hydrogen-bond donors (Lipinski definition) is 8. The summed E-state index contributed by atoms with van der Waals surface area (Å²) >= 11 is 0. The van der Waals surface area contributed by atoms with Gasteiger partial charge in [-0.05, 0) is 119 Å². The molecule has 2 aliphatic rings. The van der Waals surface area contributed by atoms with Gasteiger partial charge < -0.3 is 42.5 Å². The lowest BCUT2D eigenvalue weighted by molar-refractivity contribution is -0.135. The Morgan fingerprint density at radius 2 is 0.938 bits per heavy atom. The second kappa shape index (κ2) is 23.9. The number of benzene rings is 2. The van der Waals surface area contributed by atoms with E-state index in [0.717, 1.165) is 60.8 Å². The van der Waals surface area contributed by atoms with Crippen molar-refractivity contribution in [2.75, 3.05) is 14.1 Å². The highest BCUT2D eigenvalue weighted by molar-refractivity contribution is 5.95. The van der Waals surface area contributed by atoms with Crippen LogP contribution in [0.4, 0.5) is 0 Å². The first-order valence-corrected chi connectivity index (χ1v) is 23.5. The number of hydrogen-bond acceptors (Lipinski definition) is 9. The fourth-order valence-corrected chi connectivity index (χ4v) is 8.48. The first-order valence-electron chi connectivity index (χ1n) is 23.5. The standard InChI is InChI=1S/C50H76N8O7/c1-30(51-9)43(60)57-41(49(3,4)5)47(64)55-39(45(62)53-37-25-15-20-32-18-11-13-23-35(32)37)27-17-22-34(59)28-29-40(46(63)54-38-26-16-21-33-19-12-14-24-36(33)38)56-48(65)42(50(6,7)8)58-44(61)31(2)52-10/h11-14,18-19,23-24,30-31,37-42,51-52H,15-17,20-22,25-29H2,1-10H3,(H,53,62)(H,54,63)(H,55,64)(H,56,65)(H,57,60)(H,58,61)/t30-,31-,37+,38+,39-,40-,41+,42+/m0/s1. The Kier molecular flexibility index (Phi) is 19.3. The van der Waals surface area contributed by atoms with Crippen molar-refractivity contribution in [2.45, 2.75) is 174 Å². The number of likely N-dealkylation sites (N-methyl/N-ethyl adjacent to an activating group) is 2. The molecule has 0 heterocycles. The summed E-state index contributed by atoms with van der Waals surface area (Å²) in [6, 6.07) is 10.3. The zero-order valence-electron chi connectivity index (χ0n) is 40.4. The average molecular weight is 901 g/mol. The zero-order chi connectivity index (χ0) is 48.1. The molecular weight excluding hydrogens is 825 g/mol. The minimum Gasteiger partial charge on any atom is -0.348 e. The molecule has 8 N–H and O–H groups in total. The van der Waals surface area contributed by atoms with Crippen LogP contribution >= 0.6 is 0 Å². The van der Waals surface area contributed by atoms with E-state index in [1.54, 1.807) is 27.9 Å². The summed E-state index contributed by atoms with van der Waals surface area (Å²) in [7, 11) is 3.30. The van der Waals surface area contributed by atoms with Crippen molar-refractivity contribution in [3.63, 3.8) is 0 Å². The van der Waals surface area contributed by atoms with E-state index >= 15 is 0 Å². The number of carbonyl (C=O) groups is 7. The predicted octanol–water partition coefficient (Wildman–Crippen LogP) is 4.14. The molecule has 15 nitrogen and oxygen atoms in total. The monoisotopic (exact) mass is 901 g/mol. The summed E-state index contributed by atoms with van der Waals surface area (Å²) in [5.41, 5.74) is 2.97. The fraction of sp³-hybridized carbons (Fsp3) is 0.620. The third kappa shape index (κ3) is 15.2. The Bertz CT molecular complexity index is 1990. The number of amides is 6. The summed E-state index contributed by atoms with van der Waals surface area (Å²) in [5, 5.41) is 23.6. The lowest BCUT2D eigenvalue weighted by atomic mass is 9.85. The van der Waals surface area contributed by atoms with Gasteiger partial charge in [0, 0.05) is 12.8 Å². The van der Waals surface area contributed by atoms with Gasteiger partial charge in [-0.15, -0.1) is 0 Å². The van der Waals surface area contributed by atoms with Crippen LogP contribution in [0.3, 0.4) is 0 Å². The molecule has 0 spiro atoms. The van der Waals surface area contributed by atoms with Gasteiger partial charge in [-0.1, -0.05) is 90.1 Å². The normalized spacial score (nSPS) is 18.7. The van der Waals surface area contributed by atoms with Crippen molar-refractivity contribution >= 4 is 41.2 Å². The fourth-order valence-electron chi connectivity index (χ4n) is 8.48. The van der Waals surface area contributed by atoms with E-state index in [2.05, 4.69) is 54.7 Å². The highest BCUT2D eigenvalue weighted by atomic mass is 16.2. The summed E-state index contributed by atoms with van der Waals surface area (Å²) < 4.78 is 0. The van der Waals surface area contributed by atoms with Crippen molar-refractivity contribution in [1.82, 2.24) is 42.5 Å². The number of fused-ring (bicyclic) bond motifs is 2. The van der Waals surface area contributed by atoms with Gasteiger partial charge in [0.05, 0.1) is 24.2 Å². The molecule has 2 aliphatic carbocycles. The first-order chi connectivity index (χ1) is 30.6. The largest absolute Gasteiger partial charge is 0.348 e. The van der Waals surface area contributed by atoms with Crippen LogP contribution < -0.4 is 42.5 Å². The van der Waals surface area contributed by atoms with Gasteiger partial charge in [0.2, 0.25) is 35.4 Å².